The van der Waals surface area contributed by atoms with Crippen LogP contribution in [-0.2, 0) is 6.42 Å². The van der Waals surface area contributed by atoms with E-state index < -0.39 is 5.78 Å². The normalized spacial score (nSPS) is 17.5. The van der Waals surface area contributed by atoms with Gasteiger partial charge < -0.3 is 10.3 Å². The number of hydrogen-bond acceptors (Lipinski definition) is 4. The van der Waals surface area contributed by atoms with Crippen LogP contribution >= 0.6 is 11.6 Å². The topological polar surface area (TPSA) is 69.9 Å². The standard InChI is InChI=1S/C9H6ClNO3/c10-5-1-2-7(12)8-4(5)3-6(11-14)9(8)13/h1-2,12,14H,3H2/b11-6-. The summed E-state index contributed by atoms with van der Waals surface area (Å²) in [5.74, 6) is -0.601. The Hall–Kier alpha value is -1.55. The number of Topliss-reactive ketones (excluding diaryl/α,β-unsaturated/α-hetero) is 1. The number of fused-ring (bicyclic) bond motifs is 1. The maximum Gasteiger partial charge on any atom is 0.214 e. The highest BCUT2D eigenvalue weighted by atomic mass is 35.5. The van der Waals surface area contributed by atoms with Crippen LogP contribution < -0.4 is 0 Å². The summed E-state index contributed by atoms with van der Waals surface area (Å²) in [5.41, 5.74) is 0.665. The molecule has 5 heteroatoms. The van der Waals surface area contributed by atoms with Crippen molar-refractivity contribution in [3.8, 4) is 5.75 Å². The molecule has 0 amide bonds. The minimum absolute atomic E-state index is 0.00315. The third kappa shape index (κ3) is 1.08. The van der Waals surface area contributed by atoms with Crippen LogP contribution in [0, 0.1) is 0 Å². The van der Waals surface area contributed by atoms with Crippen molar-refractivity contribution in [2.45, 2.75) is 6.42 Å². The molecule has 0 saturated carbocycles. The fraction of sp³-hybridized carbons (Fsp3) is 0.111. The summed E-state index contributed by atoms with van der Waals surface area (Å²) in [7, 11) is 0. The van der Waals surface area contributed by atoms with Gasteiger partial charge in [-0.2, -0.15) is 0 Å². The molecular weight excluding hydrogens is 206 g/mol. The number of nitrogens with zero attached hydrogens (tertiary/aromatic N) is 1. The van der Waals surface area contributed by atoms with Gasteiger partial charge in [-0.3, -0.25) is 4.79 Å². The summed E-state index contributed by atoms with van der Waals surface area (Å²) in [6.07, 6.45) is 0.165. The SMILES string of the molecule is O=C1/C(=N\O)Cc2c(Cl)ccc(O)c21. The highest BCUT2D eigenvalue weighted by Crippen LogP contribution is 2.33. The number of halogens is 1. The molecule has 72 valence electrons. The highest BCUT2D eigenvalue weighted by molar-refractivity contribution is 6.51. The average molecular weight is 212 g/mol. The molecule has 0 aliphatic heterocycles. The van der Waals surface area contributed by atoms with Gasteiger partial charge in [0.1, 0.15) is 11.5 Å². The van der Waals surface area contributed by atoms with Crippen LogP contribution in [0.1, 0.15) is 15.9 Å². The zero-order valence-corrected chi connectivity index (χ0v) is 7.75. The predicted octanol–water partition coefficient (Wildman–Crippen LogP) is 1.61. The molecule has 0 bridgehead atoms. The Morgan fingerprint density at radius 3 is 2.71 bits per heavy atom. The van der Waals surface area contributed by atoms with Gasteiger partial charge in [0.05, 0.1) is 5.56 Å². The fourth-order valence-corrected chi connectivity index (χ4v) is 1.73. The number of aromatic hydroxyl groups is 1. The Morgan fingerprint density at radius 1 is 1.43 bits per heavy atom. The molecule has 1 aromatic rings. The van der Waals surface area contributed by atoms with Gasteiger partial charge >= 0.3 is 0 Å². The van der Waals surface area contributed by atoms with Crippen molar-refractivity contribution in [1.82, 2.24) is 0 Å². The van der Waals surface area contributed by atoms with Crippen molar-refractivity contribution >= 4 is 23.1 Å². The quantitative estimate of drug-likeness (QED) is 0.506. The number of carbonyl (C=O) groups excluding carboxylic acids is 1. The molecule has 2 rings (SSSR count). The largest absolute Gasteiger partial charge is 0.507 e. The number of hydrogen-bond donors (Lipinski definition) is 2. The second kappa shape index (κ2) is 2.99. The number of phenols is 1. The number of rotatable bonds is 0. The predicted molar refractivity (Wildman–Crippen MR) is 50.4 cm³/mol. The molecule has 0 atom stereocenters. The Kier molecular flexibility index (Phi) is 1.93. The summed E-state index contributed by atoms with van der Waals surface area (Å²) < 4.78 is 0. The van der Waals surface area contributed by atoms with Crippen LogP contribution in [-0.4, -0.2) is 21.8 Å². The number of ketones is 1. The summed E-state index contributed by atoms with van der Waals surface area (Å²) in [6.45, 7) is 0. The molecule has 0 radical (unpaired) electrons. The molecule has 1 aromatic carbocycles. The molecule has 1 aliphatic rings. The minimum atomic E-state index is -0.470. The van der Waals surface area contributed by atoms with Gasteiger partial charge in [0.2, 0.25) is 5.78 Å². The summed E-state index contributed by atoms with van der Waals surface area (Å²) >= 11 is 5.83. The van der Waals surface area contributed by atoms with Crippen LogP contribution in [0.25, 0.3) is 0 Å². The lowest BCUT2D eigenvalue weighted by molar-refractivity contribution is 0.106. The van der Waals surface area contributed by atoms with Gasteiger partial charge in [-0.25, -0.2) is 0 Å². The summed E-state index contributed by atoms with van der Waals surface area (Å²) in [6, 6.07) is 2.85. The molecule has 0 heterocycles. The number of phenolic OH excluding ortho intramolecular Hbond substituents is 1. The van der Waals surface area contributed by atoms with Crippen molar-refractivity contribution in [1.29, 1.82) is 0 Å². The monoisotopic (exact) mass is 211 g/mol. The van der Waals surface area contributed by atoms with E-state index in [9.17, 15) is 9.90 Å². The van der Waals surface area contributed by atoms with Gasteiger partial charge in [-0.1, -0.05) is 16.8 Å². The summed E-state index contributed by atoms with van der Waals surface area (Å²) in [4.78, 5) is 11.5. The maximum absolute atomic E-state index is 11.5. The lowest BCUT2D eigenvalue weighted by atomic mass is 10.1. The van der Waals surface area contributed by atoms with Crippen molar-refractivity contribution in [3.05, 3.63) is 28.3 Å². The van der Waals surface area contributed by atoms with E-state index in [1.165, 1.54) is 12.1 Å². The molecule has 4 nitrogen and oxygen atoms in total. The Balaban J connectivity index is 2.70. The van der Waals surface area contributed by atoms with E-state index in [1.807, 2.05) is 0 Å². The van der Waals surface area contributed by atoms with Gasteiger partial charge in [-0.15, -0.1) is 0 Å². The van der Waals surface area contributed by atoms with Crippen LogP contribution in [0.4, 0.5) is 0 Å². The number of carbonyl (C=O) groups is 1. The van der Waals surface area contributed by atoms with Gasteiger partial charge in [0.15, 0.2) is 0 Å². The first-order valence-corrected chi connectivity index (χ1v) is 4.29. The third-order valence-electron chi connectivity index (χ3n) is 2.19. The summed E-state index contributed by atoms with van der Waals surface area (Å²) in [5, 5.41) is 21.2. The van der Waals surface area contributed by atoms with Gasteiger partial charge in [0, 0.05) is 11.4 Å². The molecule has 0 fully saturated rings. The van der Waals surface area contributed by atoms with E-state index in [0.29, 0.717) is 10.6 Å². The molecule has 14 heavy (non-hydrogen) atoms. The minimum Gasteiger partial charge on any atom is -0.507 e. The maximum atomic E-state index is 11.5. The molecule has 0 saturated heterocycles. The molecule has 1 aliphatic carbocycles. The number of oxime groups is 1. The molecular formula is C9H6ClNO3. The first kappa shape index (κ1) is 9.02. The van der Waals surface area contributed by atoms with Crippen molar-refractivity contribution in [2.24, 2.45) is 5.16 Å². The van der Waals surface area contributed by atoms with Crippen LogP contribution in [0.15, 0.2) is 17.3 Å². The van der Waals surface area contributed by atoms with Crippen LogP contribution in [0.2, 0.25) is 5.02 Å². The number of benzene rings is 1. The fourth-order valence-electron chi connectivity index (χ4n) is 1.51. The van der Waals surface area contributed by atoms with E-state index in [4.69, 9.17) is 16.8 Å². The smallest absolute Gasteiger partial charge is 0.214 e. The Bertz CT molecular complexity index is 454. The first-order chi connectivity index (χ1) is 6.65. The molecule has 2 N–H and O–H groups in total. The second-order valence-electron chi connectivity index (χ2n) is 2.97. The zero-order valence-electron chi connectivity index (χ0n) is 6.99. The van der Waals surface area contributed by atoms with Crippen LogP contribution in [0.5, 0.6) is 5.75 Å². The Labute approximate surface area is 84.4 Å². The van der Waals surface area contributed by atoms with E-state index in [-0.39, 0.29) is 23.4 Å². The van der Waals surface area contributed by atoms with Gasteiger partial charge in [-0.05, 0) is 17.7 Å². The van der Waals surface area contributed by atoms with E-state index in [2.05, 4.69) is 5.16 Å². The third-order valence-corrected chi connectivity index (χ3v) is 2.54. The van der Waals surface area contributed by atoms with E-state index >= 15 is 0 Å². The van der Waals surface area contributed by atoms with Gasteiger partial charge in [0.25, 0.3) is 0 Å². The molecule has 0 aromatic heterocycles. The van der Waals surface area contributed by atoms with E-state index in [0.717, 1.165) is 0 Å². The van der Waals surface area contributed by atoms with Crippen molar-refractivity contribution < 1.29 is 15.1 Å². The Morgan fingerprint density at radius 2 is 2.14 bits per heavy atom. The molecule has 0 unspecified atom stereocenters. The molecule has 0 spiro atoms. The lowest BCUT2D eigenvalue weighted by Gasteiger charge is -2.01. The van der Waals surface area contributed by atoms with Crippen molar-refractivity contribution in [3.63, 3.8) is 0 Å². The zero-order chi connectivity index (χ0) is 10.3. The van der Waals surface area contributed by atoms with Crippen LogP contribution in [0.3, 0.4) is 0 Å². The second-order valence-corrected chi connectivity index (χ2v) is 3.38. The average Bonchev–Trinajstić information content (AvgIpc) is 2.51. The van der Waals surface area contributed by atoms with E-state index in [1.54, 1.807) is 0 Å². The first-order valence-electron chi connectivity index (χ1n) is 3.91. The van der Waals surface area contributed by atoms with Crippen molar-refractivity contribution in [2.75, 3.05) is 0 Å². The highest BCUT2D eigenvalue weighted by Gasteiger charge is 2.31. The lowest BCUT2D eigenvalue weighted by Crippen LogP contribution is -2.07.